The molecule has 38 heavy (non-hydrogen) atoms. The van der Waals surface area contributed by atoms with E-state index < -0.39 is 23.8 Å². The molecule has 2 aromatic carbocycles. The number of benzene rings is 2. The number of aliphatic hydroxyl groups is 1. The third kappa shape index (κ3) is 8.74. The number of carbonyl (C=O) groups excluding carboxylic acids is 1. The first kappa shape index (κ1) is 29.5. The number of aliphatic hydroxyl groups excluding tert-OH is 1. The quantitative estimate of drug-likeness (QED) is 0.314. The van der Waals surface area contributed by atoms with Gasteiger partial charge in [0.05, 0.1) is 17.8 Å². The molecule has 1 amide bonds. The molecule has 0 spiro atoms. The third-order valence-corrected chi connectivity index (χ3v) is 6.23. The van der Waals surface area contributed by atoms with Crippen LogP contribution in [0, 0.1) is 17.0 Å². The van der Waals surface area contributed by atoms with Crippen molar-refractivity contribution in [1.82, 2.24) is 20.2 Å². The van der Waals surface area contributed by atoms with Gasteiger partial charge in [-0.3, -0.25) is 4.79 Å². The van der Waals surface area contributed by atoms with Gasteiger partial charge in [-0.2, -0.15) is 0 Å². The molecule has 0 saturated heterocycles. The molecule has 0 radical (unpaired) electrons. The number of rotatable bonds is 12. The Morgan fingerprint density at radius 3 is 2.45 bits per heavy atom. The van der Waals surface area contributed by atoms with Gasteiger partial charge in [0.25, 0.3) is 0 Å². The number of aryl methyl sites for hydroxylation is 1. The third-order valence-electron chi connectivity index (χ3n) is 6.23. The highest BCUT2D eigenvalue weighted by Gasteiger charge is 2.22. The van der Waals surface area contributed by atoms with Crippen molar-refractivity contribution < 1.29 is 18.7 Å². The summed E-state index contributed by atoms with van der Waals surface area (Å²) in [5, 5.41) is 17.0. The number of nitrogens with one attached hydrogen (secondary N) is 2. The van der Waals surface area contributed by atoms with Gasteiger partial charge in [-0.15, -0.1) is 0 Å². The zero-order valence-electron chi connectivity index (χ0n) is 23.0. The second-order valence-corrected chi connectivity index (χ2v) is 11.2. The van der Waals surface area contributed by atoms with Crippen molar-refractivity contribution in [3.63, 3.8) is 0 Å². The molecule has 3 aromatic rings. The van der Waals surface area contributed by atoms with Crippen molar-refractivity contribution >= 4 is 5.91 Å². The lowest BCUT2D eigenvalue weighted by Gasteiger charge is -2.25. The molecule has 6 nitrogen and oxygen atoms in total. The zero-order chi connectivity index (χ0) is 27.9. The Morgan fingerprint density at radius 2 is 1.82 bits per heavy atom. The van der Waals surface area contributed by atoms with E-state index in [0.717, 1.165) is 42.4 Å². The number of nitrogens with zero attached hydrogens (tertiary/aromatic N) is 2. The smallest absolute Gasteiger partial charge is 0.217 e. The molecule has 2 atom stereocenters. The second-order valence-electron chi connectivity index (χ2n) is 11.2. The standard InChI is InChI=1S/C30H40F2N4O2/c1-6-7-29-34-10-11-36(29)27-9-8-21(17-30(3,4)5)12-23(27)18-33-19-28(38)26(35-20(2)37)15-22-13-24(31)16-25(32)14-22/h8-14,16,26,28,33,38H,6-7,15,17-19H2,1-5H3,(H,35,37)/t26-,28+/m0/s1. The van der Waals surface area contributed by atoms with Gasteiger partial charge in [0.15, 0.2) is 0 Å². The van der Waals surface area contributed by atoms with Gasteiger partial charge >= 0.3 is 0 Å². The normalized spacial score (nSPS) is 13.4. The number of imidazole rings is 1. The fraction of sp³-hybridized carbons (Fsp3) is 0.467. The summed E-state index contributed by atoms with van der Waals surface area (Å²) in [5.74, 6) is -0.727. The lowest BCUT2D eigenvalue weighted by atomic mass is 9.87. The summed E-state index contributed by atoms with van der Waals surface area (Å²) < 4.78 is 29.5. The molecule has 1 aromatic heterocycles. The van der Waals surface area contributed by atoms with Crippen LogP contribution in [0.3, 0.4) is 0 Å². The summed E-state index contributed by atoms with van der Waals surface area (Å²) in [7, 11) is 0. The minimum atomic E-state index is -0.977. The fourth-order valence-electron chi connectivity index (χ4n) is 4.72. The van der Waals surface area contributed by atoms with Crippen molar-refractivity contribution in [2.45, 2.75) is 79.0 Å². The molecule has 3 rings (SSSR count). The number of amides is 1. The van der Waals surface area contributed by atoms with Gasteiger partial charge in [0.2, 0.25) is 5.91 Å². The molecule has 0 aliphatic rings. The Bertz CT molecular complexity index is 1200. The molecule has 0 unspecified atom stereocenters. The summed E-state index contributed by atoms with van der Waals surface area (Å²) in [5.41, 5.74) is 3.81. The zero-order valence-corrected chi connectivity index (χ0v) is 23.0. The van der Waals surface area contributed by atoms with E-state index in [9.17, 15) is 18.7 Å². The largest absolute Gasteiger partial charge is 0.390 e. The Hall–Kier alpha value is -3.10. The monoisotopic (exact) mass is 526 g/mol. The van der Waals surface area contributed by atoms with E-state index in [1.54, 1.807) is 0 Å². The number of hydrogen-bond donors (Lipinski definition) is 3. The summed E-state index contributed by atoms with van der Waals surface area (Å²) in [6.45, 7) is 10.8. The number of hydrogen-bond acceptors (Lipinski definition) is 4. The van der Waals surface area contributed by atoms with Gasteiger partial charge in [0, 0.05) is 44.9 Å². The van der Waals surface area contributed by atoms with Crippen LogP contribution in [-0.2, 0) is 30.6 Å². The van der Waals surface area contributed by atoms with E-state index in [1.165, 1.54) is 24.6 Å². The Kier molecular flexibility index (Phi) is 10.2. The molecular weight excluding hydrogens is 486 g/mol. The Labute approximate surface area is 224 Å². The van der Waals surface area contributed by atoms with Crippen LogP contribution in [0.5, 0.6) is 0 Å². The van der Waals surface area contributed by atoms with Crippen molar-refractivity contribution in [2.75, 3.05) is 6.54 Å². The van der Waals surface area contributed by atoms with E-state index in [0.29, 0.717) is 12.1 Å². The van der Waals surface area contributed by atoms with Crippen LogP contribution in [0.2, 0.25) is 0 Å². The van der Waals surface area contributed by atoms with Crippen molar-refractivity contribution in [3.8, 4) is 5.69 Å². The van der Waals surface area contributed by atoms with E-state index in [4.69, 9.17) is 0 Å². The average molecular weight is 527 g/mol. The second kappa shape index (κ2) is 13.1. The predicted molar refractivity (Wildman–Crippen MR) is 146 cm³/mol. The lowest BCUT2D eigenvalue weighted by molar-refractivity contribution is -0.120. The molecule has 0 aliphatic carbocycles. The van der Waals surface area contributed by atoms with Crippen molar-refractivity contribution in [1.29, 1.82) is 0 Å². The molecule has 0 fully saturated rings. The number of aromatic nitrogens is 2. The van der Waals surface area contributed by atoms with Crippen LogP contribution in [0.25, 0.3) is 5.69 Å². The Balaban J connectivity index is 1.78. The van der Waals surface area contributed by atoms with Gasteiger partial charge in [-0.1, -0.05) is 39.8 Å². The molecule has 3 N–H and O–H groups in total. The van der Waals surface area contributed by atoms with E-state index in [1.807, 2.05) is 12.4 Å². The molecule has 1 heterocycles. The highest BCUT2D eigenvalue weighted by molar-refractivity contribution is 5.73. The average Bonchev–Trinajstić information content (AvgIpc) is 3.25. The van der Waals surface area contributed by atoms with E-state index in [2.05, 4.69) is 66.1 Å². The first-order chi connectivity index (χ1) is 17.9. The Morgan fingerprint density at radius 1 is 1.11 bits per heavy atom. The summed E-state index contributed by atoms with van der Waals surface area (Å²) >= 11 is 0. The maximum absolute atomic E-state index is 13.7. The van der Waals surface area contributed by atoms with Crippen molar-refractivity contribution in [3.05, 3.63) is 82.9 Å². The van der Waals surface area contributed by atoms with E-state index in [-0.39, 0.29) is 24.3 Å². The predicted octanol–water partition coefficient (Wildman–Crippen LogP) is 4.89. The van der Waals surface area contributed by atoms with Gasteiger partial charge in [-0.25, -0.2) is 13.8 Å². The summed E-state index contributed by atoms with van der Waals surface area (Å²) in [6, 6.07) is 8.97. The number of carbonyl (C=O) groups is 1. The maximum atomic E-state index is 13.7. The minimum Gasteiger partial charge on any atom is -0.390 e. The van der Waals surface area contributed by atoms with E-state index >= 15 is 0 Å². The first-order valence-corrected chi connectivity index (χ1v) is 13.2. The van der Waals surface area contributed by atoms with Crippen LogP contribution >= 0.6 is 0 Å². The molecule has 8 heteroatoms. The summed E-state index contributed by atoms with van der Waals surface area (Å²) in [4.78, 5) is 16.3. The van der Waals surface area contributed by atoms with Crippen LogP contribution < -0.4 is 10.6 Å². The minimum absolute atomic E-state index is 0.0961. The molecule has 0 aliphatic heterocycles. The number of halogens is 2. The topological polar surface area (TPSA) is 79.2 Å². The van der Waals surface area contributed by atoms with Gasteiger partial charge in [-0.05, 0) is 59.6 Å². The maximum Gasteiger partial charge on any atom is 0.217 e. The molecule has 206 valence electrons. The van der Waals surface area contributed by atoms with Gasteiger partial charge < -0.3 is 20.3 Å². The lowest BCUT2D eigenvalue weighted by Crippen LogP contribution is -2.48. The van der Waals surface area contributed by atoms with Gasteiger partial charge in [0.1, 0.15) is 17.5 Å². The first-order valence-electron chi connectivity index (χ1n) is 13.2. The molecule has 0 saturated carbocycles. The van der Waals surface area contributed by atoms with Crippen LogP contribution in [0.15, 0.2) is 48.8 Å². The SMILES string of the molecule is CCCc1nccn1-c1ccc(CC(C)(C)C)cc1CNC[C@@H](O)[C@H](Cc1cc(F)cc(F)c1)NC(C)=O. The molecule has 0 bridgehead atoms. The highest BCUT2D eigenvalue weighted by Crippen LogP contribution is 2.25. The van der Waals surface area contributed by atoms with Crippen LogP contribution in [-0.4, -0.2) is 39.3 Å². The molecular formula is C30H40F2N4O2. The van der Waals surface area contributed by atoms with Crippen LogP contribution in [0.1, 0.15) is 63.6 Å². The fourth-order valence-corrected chi connectivity index (χ4v) is 4.72. The van der Waals surface area contributed by atoms with Crippen LogP contribution in [0.4, 0.5) is 8.78 Å². The highest BCUT2D eigenvalue weighted by atomic mass is 19.1. The van der Waals surface area contributed by atoms with Crippen molar-refractivity contribution in [2.24, 2.45) is 5.41 Å². The summed E-state index contributed by atoms with van der Waals surface area (Å²) in [6.07, 6.45) is 5.66.